The van der Waals surface area contributed by atoms with Crippen molar-refractivity contribution in [1.82, 2.24) is 0 Å². The number of carboxylic acid groups (broad SMARTS) is 1. The van der Waals surface area contributed by atoms with Crippen LogP contribution in [-0.2, 0) is 102 Å². The molecule has 0 unspecified atom stereocenters. The van der Waals surface area contributed by atoms with E-state index >= 15 is 0 Å². The van der Waals surface area contributed by atoms with Crippen molar-refractivity contribution in [3.05, 3.63) is 0 Å². The van der Waals surface area contributed by atoms with Gasteiger partial charge in [0.15, 0.2) is 0 Å². The first kappa shape index (κ1) is 59.8. The number of phosphoric acid groups is 4. The van der Waals surface area contributed by atoms with Crippen LogP contribution in [0.1, 0.15) is 64.2 Å². The Labute approximate surface area is 277 Å². The Morgan fingerprint density at radius 2 is 0.632 bits per heavy atom. The van der Waals surface area contributed by atoms with Crippen LogP contribution < -0.4 is 64.5 Å². The van der Waals surface area contributed by atoms with Crippen molar-refractivity contribution in [2.75, 3.05) is 6.54 Å². The van der Waals surface area contributed by atoms with Crippen LogP contribution in [-0.4, -0.2) is 17.6 Å². The summed E-state index contributed by atoms with van der Waals surface area (Å²) >= 11 is 0. The van der Waals surface area contributed by atoms with E-state index in [0.717, 1.165) is 25.8 Å². The molecule has 218 valence electrons. The molecule has 0 spiro atoms. The first-order valence-electron chi connectivity index (χ1n) is 9.11. The number of aliphatic carboxylic acids is 1. The molecule has 3 N–H and O–H groups in total. The quantitative estimate of drug-likeness (QED) is 0.144. The molecular formula is C12H25NO18P4Zr3. The van der Waals surface area contributed by atoms with Gasteiger partial charge in [0, 0.05) is 6.42 Å². The third kappa shape index (κ3) is 257. The zero-order valence-electron chi connectivity index (χ0n) is 19.5. The summed E-state index contributed by atoms with van der Waals surface area (Å²) in [5, 5.41) is 8.43. The van der Waals surface area contributed by atoms with Crippen LogP contribution in [0.5, 0.6) is 0 Å². The molecule has 19 nitrogen and oxygen atoms in total. The SMILES string of the molecule is NCCCCCCCCCCCC(=O)O.O=P([O-])([O-])[O-].O=P([O-])([O-])[O-].O=P([O-])([O-])[O-].O=P([O-])([O-])[O-].[Zr+4].[Zr+4].[Zr+4]. The van der Waals surface area contributed by atoms with Crippen LogP contribution in [0.15, 0.2) is 0 Å². The Hall–Kier alpha value is 2.52. The summed E-state index contributed by atoms with van der Waals surface area (Å²) in [4.78, 5) is 113. The summed E-state index contributed by atoms with van der Waals surface area (Å²) < 4.78 is 34.2. The third-order valence-electron chi connectivity index (χ3n) is 2.59. The molecule has 0 aliphatic rings. The molecule has 0 heterocycles. The van der Waals surface area contributed by atoms with E-state index in [9.17, 15) is 4.79 Å². The van der Waals surface area contributed by atoms with Crippen LogP contribution in [0.4, 0.5) is 0 Å². The van der Waals surface area contributed by atoms with Gasteiger partial charge in [0.2, 0.25) is 0 Å². The van der Waals surface area contributed by atoms with Crippen molar-refractivity contribution in [1.29, 1.82) is 0 Å². The van der Waals surface area contributed by atoms with Crippen LogP contribution in [0.25, 0.3) is 0 Å². The van der Waals surface area contributed by atoms with E-state index in [-0.39, 0.29) is 78.6 Å². The minimum Gasteiger partial charge on any atom is -0.822 e. The standard InChI is InChI=1S/C12H25NO2.4H3O4P.3Zr/c13-11-9-7-5-3-1-2-4-6-8-10-12(14)15;4*1-5(2,3)4;;;/h1-11,13H2,(H,14,15);4*(H3,1,2,3,4);;;/q;;;;;3*+4/p-12. The zero-order chi connectivity index (χ0) is 29.4. The molecule has 0 saturated carbocycles. The van der Waals surface area contributed by atoms with E-state index < -0.39 is 37.3 Å². The monoisotopic (exact) mass is 865 g/mol. The van der Waals surface area contributed by atoms with E-state index in [1.807, 2.05) is 0 Å². The van der Waals surface area contributed by atoms with Crippen molar-refractivity contribution < 1.29 is 165 Å². The average molecular weight is 869 g/mol. The van der Waals surface area contributed by atoms with E-state index in [4.69, 9.17) is 87.8 Å². The van der Waals surface area contributed by atoms with Crippen LogP contribution >= 0.6 is 31.3 Å². The second kappa shape index (κ2) is 35.7. The predicted octanol–water partition coefficient (Wildman–Crippen LogP) is -8.38. The molecule has 0 radical (unpaired) electrons. The zero-order valence-corrected chi connectivity index (χ0v) is 30.5. The maximum atomic E-state index is 10.2. The second-order valence-corrected chi connectivity index (χ2v) is 9.48. The van der Waals surface area contributed by atoms with E-state index in [1.54, 1.807) is 0 Å². The molecule has 0 aromatic rings. The maximum absolute atomic E-state index is 10.2. The van der Waals surface area contributed by atoms with Gasteiger partial charge in [-0.25, -0.2) is 0 Å². The average Bonchev–Trinajstić information content (AvgIpc) is 2.50. The van der Waals surface area contributed by atoms with Crippen molar-refractivity contribution in [2.24, 2.45) is 5.73 Å². The third-order valence-corrected chi connectivity index (χ3v) is 2.59. The number of rotatable bonds is 11. The van der Waals surface area contributed by atoms with Gasteiger partial charge in [-0.2, -0.15) is 31.3 Å². The summed E-state index contributed by atoms with van der Waals surface area (Å²) in [7, 11) is -21.6. The first-order chi connectivity index (χ1) is 15.3. The molecule has 0 rings (SSSR count). The molecule has 0 atom stereocenters. The van der Waals surface area contributed by atoms with Gasteiger partial charge in [-0.1, -0.05) is 44.9 Å². The Morgan fingerprint density at radius 3 is 0.789 bits per heavy atom. The fourth-order valence-electron chi connectivity index (χ4n) is 1.66. The maximum Gasteiger partial charge on any atom is 4.00 e. The van der Waals surface area contributed by atoms with E-state index in [0.29, 0.717) is 6.42 Å². The van der Waals surface area contributed by atoms with Crippen molar-refractivity contribution >= 4 is 37.3 Å². The first-order valence-corrected chi connectivity index (χ1v) is 15.0. The molecule has 0 fully saturated rings. The summed E-state index contributed by atoms with van der Waals surface area (Å²) in [6.45, 7) is 0.815. The van der Waals surface area contributed by atoms with Crippen molar-refractivity contribution in [3.8, 4) is 0 Å². The van der Waals surface area contributed by atoms with Crippen LogP contribution in [0.3, 0.4) is 0 Å². The van der Waals surface area contributed by atoms with Crippen molar-refractivity contribution in [3.63, 3.8) is 0 Å². The minimum atomic E-state index is -5.39. The van der Waals surface area contributed by atoms with Gasteiger partial charge in [-0.3, -0.25) is 4.79 Å². The van der Waals surface area contributed by atoms with Crippen LogP contribution in [0, 0.1) is 0 Å². The summed E-state index contributed by atoms with van der Waals surface area (Å²) in [5.41, 5.74) is 5.40. The van der Waals surface area contributed by atoms with E-state index in [2.05, 4.69) is 0 Å². The van der Waals surface area contributed by atoms with Gasteiger partial charge in [0.05, 0.1) is 0 Å². The Bertz CT molecular complexity index is 568. The topological polar surface area (TPSA) is 408 Å². The molecule has 0 saturated heterocycles. The van der Waals surface area contributed by atoms with Crippen LogP contribution in [0.2, 0.25) is 0 Å². The fourth-order valence-corrected chi connectivity index (χ4v) is 1.66. The number of unbranched alkanes of at least 4 members (excludes halogenated alkanes) is 8. The van der Waals surface area contributed by atoms with Gasteiger partial charge in [0.25, 0.3) is 0 Å². The summed E-state index contributed by atoms with van der Waals surface area (Å²) in [5.74, 6) is -0.670. The molecule has 38 heavy (non-hydrogen) atoms. The number of carboxylic acids is 1. The number of nitrogens with two attached hydrogens (primary N) is 1. The summed E-state index contributed by atoms with van der Waals surface area (Å²) in [6.07, 6.45) is 11.0. The molecule has 0 aromatic heterocycles. The second-order valence-electron chi connectivity index (χ2n) is 5.90. The molecule has 0 aliphatic carbocycles. The van der Waals surface area contributed by atoms with Gasteiger partial charge in [-0.15, -0.1) is 0 Å². The number of carbonyl (C=O) groups is 1. The predicted molar refractivity (Wildman–Crippen MR) is 93.3 cm³/mol. The Kier molecular flexibility index (Phi) is 56.2. The minimum absolute atomic E-state index is 0. The van der Waals surface area contributed by atoms with Gasteiger partial charge < -0.3 is 87.8 Å². The normalized spacial score (nSPS) is 10.3. The molecule has 0 aromatic carbocycles. The summed E-state index contributed by atoms with van der Waals surface area (Å²) in [6, 6.07) is 0. The van der Waals surface area contributed by atoms with Gasteiger partial charge in [0.1, 0.15) is 0 Å². The molecule has 26 heteroatoms. The molecule has 0 amide bonds. The van der Waals surface area contributed by atoms with Gasteiger partial charge in [-0.05, 0) is 19.4 Å². The molecule has 0 aliphatic heterocycles. The van der Waals surface area contributed by atoms with Crippen molar-refractivity contribution in [2.45, 2.75) is 64.2 Å². The Morgan fingerprint density at radius 1 is 0.474 bits per heavy atom. The fraction of sp³-hybridized carbons (Fsp3) is 0.917. The van der Waals surface area contributed by atoms with E-state index in [1.165, 1.54) is 38.5 Å². The number of hydrogen-bond acceptors (Lipinski definition) is 18. The largest absolute Gasteiger partial charge is 4.00 e. The molecule has 0 bridgehead atoms. The smallest absolute Gasteiger partial charge is 0.822 e. The number of hydrogen-bond donors (Lipinski definition) is 2. The molecular weight excluding hydrogens is 844 g/mol. The van der Waals surface area contributed by atoms with Gasteiger partial charge >= 0.3 is 84.6 Å². The Balaban J connectivity index is -0.0000000547.